The molecule has 3 heteroatoms. The van der Waals surface area contributed by atoms with E-state index in [4.69, 9.17) is 10.5 Å². The van der Waals surface area contributed by atoms with Gasteiger partial charge in [-0.15, -0.1) is 0 Å². The van der Waals surface area contributed by atoms with Crippen molar-refractivity contribution in [2.75, 3.05) is 0 Å². The quantitative estimate of drug-likeness (QED) is 0.832. The molecule has 3 rings (SSSR count). The van der Waals surface area contributed by atoms with Gasteiger partial charge in [0.05, 0.1) is 0 Å². The highest BCUT2D eigenvalue weighted by atomic mass is 19.1. The second-order valence-corrected chi connectivity index (χ2v) is 6.01. The monoisotopic (exact) mass is 263 g/mol. The highest BCUT2D eigenvalue weighted by Gasteiger charge is 2.46. The van der Waals surface area contributed by atoms with Crippen molar-refractivity contribution in [2.24, 2.45) is 11.7 Å². The lowest BCUT2D eigenvalue weighted by Crippen LogP contribution is -2.50. The fourth-order valence-electron chi connectivity index (χ4n) is 3.91. The van der Waals surface area contributed by atoms with E-state index in [1.54, 1.807) is 6.07 Å². The Morgan fingerprint density at radius 2 is 2.26 bits per heavy atom. The largest absolute Gasteiger partial charge is 0.486 e. The zero-order valence-electron chi connectivity index (χ0n) is 11.5. The molecule has 104 valence electrons. The molecule has 1 aliphatic heterocycles. The molecule has 1 aromatic rings. The van der Waals surface area contributed by atoms with E-state index in [2.05, 4.69) is 6.92 Å². The first-order valence-corrected chi connectivity index (χ1v) is 7.38. The summed E-state index contributed by atoms with van der Waals surface area (Å²) in [5.41, 5.74) is 7.11. The van der Waals surface area contributed by atoms with Crippen LogP contribution in [0.4, 0.5) is 4.39 Å². The topological polar surface area (TPSA) is 35.2 Å². The molecule has 0 radical (unpaired) electrons. The summed E-state index contributed by atoms with van der Waals surface area (Å²) < 4.78 is 19.7. The molecule has 1 aliphatic carbocycles. The minimum absolute atomic E-state index is 0.0310. The van der Waals surface area contributed by atoms with Gasteiger partial charge in [-0.1, -0.05) is 19.4 Å². The van der Waals surface area contributed by atoms with Crippen LogP contribution in [0.1, 0.15) is 57.1 Å². The first-order chi connectivity index (χ1) is 9.14. The smallest absolute Gasteiger partial charge is 0.127 e. The lowest BCUT2D eigenvalue weighted by atomic mass is 9.69. The molecule has 2 nitrogen and oxygen atoms in total. The number of ether oxygens (including phenoxy) is 1. The van der Waals surface area contributed by atoms with E-state index in [1.165, 1.54) is 31.4 Å². The third kappa shape index (κ3) is 2.14. The molecule has 1 spiro atoms. The molecule has 1 aromatic carbocycles. The van der Waals surface area contributed by atoms with Crippen molar-refractivity contribution in [1.82, 2.24) is 0 Å². The van der Waals surface area contributed by atoms with Gasteiger partial charge in [-0.05, 0) is 37.7 Å². The Kier molecular flexibility index (Phi) is 3.25. The normalized spacial score (nSPS) is 33.8. The van der Waals surface area contributed by atoms with Gasteiger partial charge in [-0.25, -0.2) is 4.39 Å². The average molecular weight is 263 g/mol. The summed E-state index contributed by atoms with van der Waals surface area (Å²) in [7, 11) is 0. The predicted octanol–water partition coefficient (Wildman–Crippen LogP) is 3.95. The molecule has 0 amide bonds. The Morgan fingerprint density at radius 3 is 3.05 bits per heavy atom. The van der Waals surface area contributed by atoms with E-state index in [0.29, 0.717) is 11.7 Å². The van der Waals surface area contributed by atoms with E-state index < -0.39 is 0 Å². The van der Waals surface area contributed by atoms with Crippen LogP contribution >= 0.6 is 0 Å². The van der Waals surface area contributed by atoms with E-state index in [0.717, 1.165) is 24.8 Å². The zero-order valence-corrected chi connectivity index (χ0v) is 11.5. The summed E-state index contributed by atoms with van der Waals surface area (Å²) in [5.74, 6) is 0.967. The molecular weight excluding hydrogens is 241 g/mol. The van der Waals surface area contributed by atoms with Crippen molar-refractivity contribution in [1.29, 1.82) is 0 Å². The van der Waals surface area contributed by atoms with Gasteiger partial charge in [-0.3, -0.25) is 0 Å². The Labute approximate surface area is 114 Å². The lowest BCUT2D eigenvalue weighted by Gasteiger charge is -2.48. The van der Waals surface area contributed by atoms with Crippen LogP contribution in [-0.4, -0.2) is 5.60 Å². The number of hydrogen-bond donors (Lipinski definition) is 1. The summed E-state index contributed by atoms with van der Waals surface area (Å²) in [4.78, 5) is 0. The van der Waals surface area contributed by atoms with Gasteiger partial charge in [0.2, 0.25) is 0 Å². The first kappa shape index (κ1) is 12.9. The number of rotatable bonds is 1. The van der Waals surface area contributed by atoms with Gasteiger partial charge in [0, 0.05) is 24.1 Å². The van der Waals surface area contributed by atoms with Crippen LogP contribution in [0.3, 0.4) is 0 Å². The molecule has 2 N–H and O–H groups in total. The molecule has 19 heavy (non-hydrogen) atoms. The van der Waals surface area contributed by atoms with Crippen LogP contribution in [-0.2, 0) is 0 Å². The van der Waals surface area contributed by atoms with Crippen molar-refractivity contribution < 1.29 is 9.13 Å². The number of halogens is 1. The third-order valence-electron chi connectivity index (χ3n) is 4.89. The van der Waals surface area contributed by atoms with Crippen molar-refractivity contribution in [3.05, 3.63) is 29.6 Å². The number of benzene rings is 1. The maximum Gasteiger partial charge on any atom is 0.127 e. The first-order valence-electron chi connectivity index (χ1n) is 7.38. The molecule has 0 saturated heterocycles. The van der Waals surface area contributed by atoms with Gasteiger partial charge < -0.3 is 10.5 Å². The average Bonchev–Trinajstić information content (AvgIpc) is 2.38. The fourth-order valence-corrected chi connectivity index (χ4v) is 3.91. The fraction of sp³-hybridized carbons (Fsp3) is 0.625. The Bertz CT molecular complexity index is 476. The third-order valence-corrected chi connectivity index (χ3v) is 4.89. The molecule has 0 bridgehead atoms. The molecule has 1 saturated carbocycles. The SMILES string of the molecule is CCC1CCCCC12CC(N)c1ccc(F)cc1O2. The molecule has 0 aromatic heterocycles. The van der Waals surface area contributed by atoms with Crippen LogP contribution in [0.5, 0.6) is 5.75 Å². The van der Waals surface area contributed by atoms with Gasteiger partial charge >= 0.3 is 0 Å². The van der Waals surface area contributed by atoms with Crippen LogP contribution < -0.4 is 10.5 Å². The van der Waals surface area contributed by atoms with E-state index in [9.17, 15) is 4.39 Å². The van der Waals surface area contributed by atoms with Crippen LogP contribution in [0.15, 0.2) is 18.2 Å². The van der Waals surface area contributed by atoms with Crippen molar-refractivity contribution in [3.8, 4) is 5.75 Å². The molecule has 3 unspecified atom stereocenters. The van der Waals surface area contributed by atoms with E-state index in [1.807, 2.05) is 0 Å². The zero-order chi connectivity index (χ0) is 13.5. The number of hydrogen-bond acceptors (Lipinski definition) is 2. The predicted molar refractivity (Wildman–Crippen MR) is 73.6 cm³/mol. The summed E-state index contributed by atoms with van der Waals surface area (Å²) in [6.45, 7) is 2.22. The van der Waals surface area contributed by atoms with E-state index in [-0.39, 0.29) is 17.5 Å². The Hall–Kier alpha value is -1.09. The minimum atomic E-state index is -0.244. The summed E-state index contributed by atoms with van der Waals surface area (Å²) >= 11 is 0. The minimum Gasteiger partial charge on any atom is -0.486 e. The van der Waals surface area contributed by atoms with Crippen LogP contribution in [0.25, 0.3) is 0 Å². The maximum atomic E-state index is 13.4. The molecular formula is C16H22FNO. The maximum absolute atomic E-state index is 13.4. The van der Waals surface area contributed by atoms with Gasteiger partial charge in [0.25, 0.3) is 0 Å². The molecule has 1 heterocycles. The molecule has 3 atom stereocenters. The van der Waals surface area contributed by atoms with Crippen molar-refractivity contribution in [2.45, 2.75) is 57.1 Å². The highest BCUT2D eigenvalue weighted by molar-refractivity contribution is 5.39. The molecule has 2 aliphatic rings. The highest BCUT2D eigenvalue weighted by Crippen LogP contribution is 2.49. The van der Waals surface area contributed by atoms with Crippen molar-refractivity contribution >= 4 is 0 Å². The second-order valence-electron chi connectivity index (χ2n) is 6.01. The molecule has 1 fully saturated rings. The Balaban J connectivity index is 1.98. The number of nitrogens with two attached hydrogens (primary N) is 1. The van der Waals surface area contributed by atoms with Crippen LogP contribution in [0, 0.1) is 11.7 Å². The standard InChI is InChI=1S/C16H22FNO/c1-2-11-5-3-4-8-16(11)10-14(18)13-7-6-12(17)9-15(13)19-16/h6-7,9,11,14H,2-5,8,10,18H2,1H3. The summed E-state index contributed by atoms with van der Waals surface area (Å²) in [5, 5.41) is 0. The van der Waals surface area contributed by atoms with Gasteiger partial charge in [-0.2, -0.15) is 0 Å². The second kappa shape index (κ2) is 4.78. The summed E-state index contributed by atoms with van der Waals surface area (Å²) in [6, 6.07) is 4.71. The Morgan fingerprint density at radius 1 is 1.42 bits per heavy atom. The van der Waals surface area contributed by atoms with Gasteiger partial charge in [0.1, 0.15) is 17.2 Å². The van der Waals surface area contributed by atoms with Gasteiger partial charge in [0.15, 0.2) is 0 Å². The van der Waals surface area contributed by atoms with Crippen LogP contribution in [0.2, 0.25) is 0 Å². The lowest BCUT2D eigenvalue weighted by molar-refractivity contribution is -0.0491. The van der Waals surface area contributed by atoms with E-state index >= 15 is 0 Å². The number of fused-ring (bicyclic) bond motifs is 1. The van der Waals surface area contributed by atoms with Crippen molar-refractivity contribution in [3.63, 3.8) is 0 Å². The summed E-state index contributed by atoms with van der Waals surface area (Å²) in [6.07, 6.45) is 6.69.